The lowest BCUT2D eigenvalue weighted by Gasteiger charge is -2.28. The van der Waals surface area contributed by atoms with Gasteiger partial charge in [-0.2, -0.15) is 0 Å². The van der Waals surface area contributed by atoms with Gasteiger partial charge in [-0.05, 0) is 25.7 Å². The van der Waals surface area contributed by atoms with Crippen molar-refractivity contribution in [2.24, 2.45) is 5.73 Å². The molecule has 0 radical (unpaired) electrons. The molecule has 0 aliphatic carbocycles. The zero-order valence-electron chi connectivity index (χ0n) is 39.3. The number of nitrogens with zero attached hydrogens (tertiary/aromatic N) is 1. The summed E-state index contributed by atoms with van der Waals surface area (Å²) in [7, 11) is 5.06. The number of imide groups is 1. The highest BCUT2D eigenvalue weighted by Gasteiger charge is 2.36. The Balaban J connectivity index is 1.32. The maximum Gasteiger partial charge on any atom is 0.254 e. The predicted octanol–water partition coefficient (Wildman–Crippen LogP) is -0.501. The molecular weight excluding hydrogens is 923 g/mol. The molecule has 0 bridgehead atoms. The third-order valence-corrected chi connectivity index (χ3v) is 11.9. The van der Waals surface area contributed by atoms with Crippen LogP contribution in [-0.4, -0.2) is 236 Å². The molecule has 0 spiro atoms. The van der Waals surface area contributed by atoms with Crippen molar-refractivity contribution in [1.82, 2.24) is 20.9 Å². The minimum atomic E-state index is -1.24. The Labute approximate surface area is 403 Å². The van der Waals surface area contributed by atoms with E-state index in [2.05, 4.69) is 16.0 Å². The minimum absolute atomic E-state index is 0.0287. The average Bonchev–Trinajstić information content (AvgIpc) is 3.66. The van der Waals surface area contributed by atoms with Gasteiger partial charge in [-0.25, -0.2) is 0 Å². The van der Waals surface area contributed by atoms with Crippen LogP contribution in [0.15, 0.2) is 12.2 Å². The van der Waals surface area contributed by atoms with E-state index in [0.717, 1.165) is 35.0 Å². The van der Waals surface area contributed by atoms with Crippen molar-refractivity contribution in [3.8, 4) is 0 Å². The van der Waals surface area contributed by atoms with Gasteiger partial charge >= 0.3 is 0 Å². The van der Waals surface area contributed by atoms with Crippen molar-refractivity contribution in [1.29, 1.82) is 0 Å². The van der Waals surface area contributed by atoms with Crippen molar-refractivity contribution in [3.63, 3.8) is 0 Å². The second-order valence-corrected chi connectivity index (χ2v) is 17.2. The molecule has 0 aromatic heterocycles. The number of methoxy groups -OCH3 is 1. The first-order valence-electron chi connectivity index (χ1n) is 23.1. The summed E-state index contributed by atoms with van der Waals surface area (Å²) in [6.07, 6.45) is 4.52. The van der Waals surface area contributed by atoms with Gasteiger partial charge < -0.3 is 78.5 Å². The number of hydrogen-bond donors (Lipinski definition) is 4. The van der Waals surface area contributed by atoms with E-state index in [1.807, 2.05) is 0 Å². The molecule has 2 heterocycles. The highest BCUT2D eigenvalue weighted by Crippen LogP contribution is 2.29. The summed E-state index contributed by atoms with van der Waals surface area (Å²) in [5, 5.41) is 8.56. The highest BCUT2D eigenvalue weighted by atomic mass is 33.1. The summed E-state index contributed by atoms with van der Waals surface area (Å²) in [5.41, 5.74) is 5.77. The van der Waals surface area contributed by atoms with Crippen LogP contribution < -0.4 is 21.7 Å². The van der Waals surface area contributed by atoms with Crippen molar-refractivity contribution >= 4 is 51.1 Å². The Kier molecular flexibility index (Phi) is 39.3. The Hall–Kier alpha value is -2.53. The molecule has 1 unspecified atom stereocenters. The molecule has 3 atom stereocenters. The second kappa shape index (κ2) is 43.5. The number of carbonyl (C=O) groups excluding carboxylic acids is 5. The van der Waals surface area contributed by atoms with E-state index in [1.165, 1.54) is 0 Å². The Morgan fingerprint density at radius 3 is 1.42 bits per heavy atom. The zero-order valence-corrected chi connectivity index (χ0v) is 40.9. The van der Waals surface area contributed by atoms with Gasteiger partial charge in [0.05, 0.1) is 152 Å². The van der Waals surface area contributed by atoms with Crippen LogP contribution in [0, 0.1) is 0 Å². The summed E-state index contributed by atoms with van der Waals surface area (Å²) in [5.74, 6) is -0.806. The summed E-state index contributed by atoms with van der Waals surface area (Å²) in [4.78, 5) is 63.8. The normalized spacial score (nSPS) is 15.9. The van der Waals surface area contributed by atoms with Crippen LogP contribution in [0.2, 0.25) is 0 Å². The molecule has 22 nitrogen and oxygen atoms in total. The van der Waals surface area contributed by atoms with Crippen LogP contribution in [-0.2, 0) is 80.8 Å². The predicted molar refractivity (Wildman–Crippen MR) is 250 cm³/mol. The van der Waals surface area contributed by atoms with Gasteiger partial charge in [-0.15, -0.1) is 0 Å². The highest BCUT2D eigenvalue weighted by molar-refractivity contribution is 8.76. The van der Waals surface area contributed by atoms with E-state index >= 15 is 0 Å². The monoisotopic (exact) mass is 999 g/mol. The van der Waals surface area contributed by atoms with E-state index < -0.39 is 29.8 Å². The van der Waals surface area contributed by atoms with Gasteiger partial charge in [0.15, 0.2) is 0 Å². The van der Waals surface area contributed by atoms with E-state index in [-0.39, 0.29) is 43.8 Å². The van der Waals surface area contributed by atoms with Gasteiger partial charge in [0.1, 0.15) is 12.1 Å². The van der Waals surface area contributed by atoms with E-state index in [0.29, 0.717) is 165 Å². The molecule has 1 saturated heterocycles. The number of rotatable bonds is 47. The fraction of sp³-hybridized carbons (Fsp3) is 0.837. The lowest BCUT2D eigenvalue weighted by molar-refractivity contribution is -0.145. The topological polar surface area (TPSA) is 261 Å². The summed E-state index contributed by atoms with van der Waals surface area (Å²) >= 11 is 0. The SMILES string of the molecule is COCCOCCOCCOCCOCCOCCOCCOCCOCCOCCOCCOCCC(=O)NCCCC[C@H](NC(=O)[C@H](CN)N1C(=O)C=CC1=O)C(=O)NC1CCSSC1. The van der Waals surface area contributed by atoms with Gasteiger partial charge in [-0.3, -0.25) is 28.9 Å². The molecule has 5 N–H and O–H groups in total. The molecule has 2 aliphatic rings. The molecule has 388 valence electrons. The van der Waals surface area contributed by atoms with Crippen LogP contribution in [0.25, 0.3) is 0 Å². The van der Waals surface area contributed by atoms with E-state index in [4.69, 9.17) is 62.6 Å². The molecular formula is C43H77N5O17S2. The Morgan fingerprint density at radius 1 is 0.612 bits per heavy atom. The number of carbonyl (C=O) groups is 5. The average molecular weight is 1000 g/mol. The lowest BCUT2D eigenvalue weighted by atomic mass is 10.1. The van der Waals surface area contributed by atoms with Gasteiger partial charge in [-0.1, -0.05) is 21.6 Å². The Morgan fingerprint density at radius 2 is 1.03 bits per heavy atom. The van der Waals surface area contributed by atoms with Crippen molar-refractivity contribution in [2.45, 2.75) is 50.2 Å². The first-order valence-corrected chi connectivity index (χ1v) is 25.6. The minimum Gasteiger partial charge on any atom is -0.382 e. The summed E-state index contributed by atoms with van der Waals surface area (Å²) in [6.45, 7) is 10.7. The van der Waals surface area contributed by atoms with Crippen molar-refractivity contribution < 1.29 is 80.8 Å². The van der Waals surface area contributed by atoms with E-state index in [1.54, 1.807) is 28.7 Å². The molecule has 67 heavy (non-hydrogen) atoms. The van der Waals surface area contributed by atoms with Gasteiger partial charge in [0.25, 0.3) is 11.8 Å². The van der Waals surface area contributed by atoms with Crippen molar-refractivity contribution in [3.05, 3.63) is 12.2 Å². The van der Waals surface area contributed by atoms with Crippen LogP contribution in [0.5, 0.6) is 0 Å². The standard InChI is InChI=1S/C43H77N5O17S2/c1-54-11-12-56-15-16-58-19-20-60-23-24-62-27-28-64-31-32-65-30-29-63-26-25-61-22-21-59-18-17-57-14-13-55-10-7-39(49)45-9-3-2-4-37(42(52)46-36-8-33-66-67-35-36)47-43(53)38(34-44)48-40(50)5-6-41(48)51/h5-6,36-38H,2-4,7-35,44H2,1H3,(H,45,49)(H,46,52)(H,47,53)/t36?,37-,38-/m0/s1. The zero-order chi connectivity index (χ0) is 48.3. The van der Waals surface area contributed by atoms with Crippen LogP contribution in [0.1, 0.15) is 32.1 Å². The molecule has 0 aromatic carbocycles. The Bertz CT molecular complexity index is 1310. The molecule has 2 rings (SSSR count). The fourth-order valence-electron chi connectivity index (χ4n) is 5.86. The number of ether oxygens (including phenoxy) is 12. The van der Waals surface area contributed by atoms with Gasteiger partial charge in [0, 0.05) is 56.3 Å². The lowest BCUT2D eigenvalue weighted by Crippen LogP contribution is -2.58. The maximum absolute atomic E-state index is 13.2. The number of amides is 5. The van der Waals surface area contributed by atoms with Crippen LogP contribution in [0.4, 0.5) is 0 Å². The molecule has 0 aromatic rings. The fourth-order valence-corrected chi connectivity index (χ4v) is 8.29. The quantitative estimate of drug-likeness (QED) is 0.0340. The molecule has 24 heteroatoms. The summed E-state index contributed by atoms with van der Waals surface area (Å²) < 4.78 is 65.0. The number of hydrogen-bond acceptors (Lipinski definition) is 20. The van der Waals surface area contributed by atoms with E-state index in [9.17, 15) is 24.0 Å². The van der Waals surface area contributed by atoms with Gasteiger partial charge in [0.2, 0.25) is 17.7 Å². The molecule has 1 fully saturated rings. The number of nitrogens with one attached hydrogen (secondary N) is 3. The molecule has 2 aliphatic heterocycles. The smallest absolute Gasteiger partial charge is 0.254 e. The van der Waals surface area contributed by atoms with Crippen LogP contribution in [0.3, 0.4) is 0 Å². The van der Waals surface area contributed by atoms with Crippen molar-refractivity contribution in [2.75, 3.05) is 184 Å². The first-order chi connectivity index (χ1) is 32.9. The number of nitrogens with two attached hydrogens (primary N) is 1. The largest absolute Gasteiger partial charge is 0.382 e. The number of unbranched alkanes of at least 4 members (excludes halogenated alkanes) is 1. The summed E-state index contributed by atoms with van der Waals surface area (Å²) in [6, 6.07) is -2.17. The molecule has 0 saturated carbocycles. The third kappa shape index (κ3) is 32.8. The third-order valence-electron chi connectivity index (χ3n) is 9.43. The second-order valence-electron chi connectivity index (χ2n) is 14.6. The molecule has 5 amide bonds. The first kappa shape index (κ1) is 60.6. The maximum atomic E-state index is 13.2. The van der Waals surface area contributed by atoms with Crippen LogP contribution >= 0.6 is 21.6 Å².